The zero-order valence-corrected chi connectivity index (χ0v) is 15.0. The maximum absolute atomic E-state index is 11.6. The molecule has 24 heavy (non-hydrogen) atoms. The number of piperidine rings is 1. The van der Waals surface area contributed by atoms with Gasteiger partial charge in [-0.1, -0.05) is 0 Å². The van der Waals surface area contributed by atoms with Crippen molar-refractivity contribution in [2.24, 2.45) is 0 Å². The maximum atomic E-state index is 11.6. The summed E-state index contributed by atoms with van der Waals surface area (Å²) in [5.74, 6) is 0.0914. The fourth-order valence-corrected chi connectivity index (χ4v) is 3.70. The predicted molar refractivity (Wildman–Crippen MR) is 90.7 cm³/mol. The molecule has 0 unspecified atom stereocenters. The third kappa shape index (κ3) is 5.72. The maximum Gasteiger partial charge on any atom is 0.246 e. The lowest BCUT2D eigenvalue weighted by Crippen LogP contribution is -2.53. The van der Waals surface area contributed by atoms with Crippen molar-refractivity contribution in [3.63, 3.8) is 0 Å². The molecule has 138 valence electrons. The first-order valence-corrected chi connectivity index (χ1v) is 8.96. The Morgan fingerprint density at radius 3 is 2.38 bits per heavy atom. The van der Waals surface area contributed by atoms with Crippen molar-refractivity contribution in [1.29, 1.82) is 0 Å². The topological polar surface area (TPSA) is 71.1 Å². The van der Waals surface area contributed by atoms with E-state index in [0.717, 1.165) is 58.5 Å². The van der Waals surface area contributed by atoms with E-state index in [1.807, 2.05) is 4.90 Å². The third-order valence-electron chi connectivity index (χ3n) is 5.01. The van der Waals surface area contributed by atoms with Crippen LogP contribution in [0.5, 0.6) is 0 Å². The Morgan fingerprint density at radius 2 is 1.79 bits per heavy atom. The zero-order valence-electron chi connectivity index (χ0n) is 15.0. The van der Waals surface area contributed by atoms with Crippen molar-refractivity contribution in [2.45, 2.75) is 44.7 Å². The molecular weight excluding hydrogens is 310 g/mol. The number of methoxy groups -OCH3 is 1. The average molecular weight is 341 g/mol. The van der Waals surface area contributed by atoms with Gasteiger partial charge in [0.25, 0.3) is 0 Å². The van der Waals surface area contributed by atoms with Crippen LogP contribution in [0.3, 0.4) is 0 Å². The molecule has 0 atom stereocenters. The van der Waals surface area contributed by atoms with Crippen molar-refractivity contribution >= 4 is 11.8 Å². The predicted octanol–water partition coefficient (Wildman–Crippen LogP) is 0.241. The van der Waals surface area contributed by atoms with Crippen LogP contribution < -0.4 is 5.32 Å². The number of hydrogen-bond donors (Lipinski definition) is 1. The lowest BCUT2D eigenvalue weighted by molar-refractivity contribution is -0.131. The molecule has 0 aliphatic carbocycles. The highest BCUT2D eigenvalue weighted by molar-refractivity contribution is 5.77. The molecule has 0 bridgehead atoms. The molecule has 0 saturated carbocycles. The number of rotatable bonds is 7. The van der Waals surface area contributed by atoms with Crippen LogP contribution in [0.15, 0.2) is 0 Å². The van der Waals surface area contributed by atoms with Gasteiger partial charge in [-0.2, -0.15) is 0 Å². The molecule has 2 amide bonds. The highest BCUT2D eigenvalue weighted by Gasteiger charge is 2.31. The minimum Gasteiger partial charge on any atom is -0.381 e. The first-order valence-electron chi connectivity index (χ1n) is 8.96. The molecule has 0 aromatic heterocycles. The van der Waals surface area contributed by atoms with Crippen LogP contribution >= 0.6 is 0 Å². The summed E-state index contributed by atoms with van der Waals surface area (Å²) in [5, 5.41) is 2.92. The molecule has 2 aliphatic heterocycles. The van der Waals surface area contributed by atoms with Gasteiger partial charge < -0.3 is 19.7 Å². The monoisotopic (exact) mass is 341 g/mol. The Labute approximate surface area is 144 Å². The number of nitrogens with one attached hydrogen (secondary N) is 1. The van der Waals surface area contributed by atoms with Gasteiger partial charge in [-0.15, -0.1) is 0 Å². The van der Waals surface area contributed by atoms with E-state index < -0.39 is 0 Å². The van der Waals surface area contributed by atoms with E-state index in [1.165, 1.54) is 7.11 Å². The van der Waals surface area contributed by atoms with E-state index in [9.17, 15) is 9.59 Å². The fourth-order valence-electron chi connectivity index (χ4n) is 3.70. The molecule has 0 aromatic rings. The van der Waals surface area contributed by atoms with E-state index in [2.05, 4.69) is 10.2 Å². The van der Waals surface area contributed by atoms with E-state index >= 15 is 0 Å². The molecule has 0 aromatic carbocycles. The van der Waals surface area contributed by atoms with Crippen LogP contribution in [0.4, 0.5) is 0 Å². The number of nitrogens with zero attached hydrogens (tertiary/aromatic N) is 2. The van der Waals surface area contributed by atoms with Crippen LogP contribution in [0.2, 0.25) is 0 Å². The van der Waals surface area contributed by atoms with Crippen LogP contribution in [-0.2, 0) is 19.1 Å². The Bertz CT molecular complexity index is 405. The third-order valence-corrected chi connectivity index (χ3v) is 5.01. The Balaban J connectivity index is 1.88. The molecule has 0 radical (unpaired) electrons. The van der Waals surface area contributed by atoms with Crippen molar-refractivity contribution in [3.05, 3.63) is 0 Å². The second kappa shape index (κ2) is 9.96. The number of carbonyl (C=O) groups is 2. The van der Waals surface area contributed by atoms with E-state index in [-0.39, 0.29) is 18.4 Å². The highest BCUT2D eigenvalue weighted by Crippen LogP contribution is 2.23. The molecule has 2 heterocycles. The lowest BCUT2D eigenvalue weighted by Gasteiger charge is -2.43. The van der Waals surface area contributed by atoms with E-state index in [1.54, 1.807) is 6.92 Å². The van der Waals surface area contributed by atoms with Gasteiger partial charge in [-0.3, -0.25) is 14.5 Å². The van der Waals surface area contributed by atoms with Crippen molar-refractivity contribution in [3.8, 4) is 0 Å². The molecule has 2 saturated heterocycles. The largest absolute Gasteiger partial charge is 0.381 e. The zero-order chi connectivity index (χ0) is 17.4. The van der Waals surface area contributed by atoms with Gasteiger partial charge in [-0.05, 0) is 25.7 Å². The standard InChI is InChI=1S/C17H31N3O4/c1-14(21)19-8-3-15(4-9-19)20(16-5-11-24-12-6-16)10-7-18-17(22)13-23-2/h15-16H,3-13H2,1-2H3,(H,18,22). The number of amides is 2. The summed E-state index contributed by atoms with van der Waals surface area (Å²) in [6.45, 7) is 6.49. The van der Waals surface area contributed by atoms with Gasteiger partial charge >= 0.3 is 0 Å². The second-order valence-corrected chi connectivity index (χ2v) is 6.60. The summed E-state index contributed by atoms with van der Waals surface area (Å²) in [6.07, 6.45) is 4.09. The summed E-state index contributed by atoms with van der Waals surface area (Å²) >= 11 is 0. The van der Waals surface area contributed by atoms with Gasteiger partial charge in [0.2, 0.25) is 11.8 Å². The first kappa shape index (κ1) is 19.1. The SMILES string of the molecule is COCC(=O)NCCN(C1CCOCC1)C1CCN(C(C)=O)CC1. The first-order chi connectivity index (χ1) is 11.6. The molecule has 7 nitrogen and oxygen atoms in total. The van der Waals surface area contributed by atoms with Crippen molar-refractivity contribution in [1.82, 2.24) is 15.1 Å². The Morgan fingerprint density at radius 1 is 1.17 bits per heavy atom. The summed E-state index contributed by atoms with van der Waals surface area (Å²) in [6, 6.07) is 0.981. The van der Waals surface area contributed by atoms with Crippen LogP contribution in [-0.4, -0.2) is 86.8 Å². The molecule has 7 heteroatoms. The van der Waals surface area contributed by atoms with Gasteiger partial charge in [-0.25, -0.2) is 0 Å². The molecule has 1 N–H and O–H groups in total. The molecule has 2 aliphatic rings. The Hall–Kier alpha value is -1.18. The summed E-state index contributed by atoms with van der Waals surface area (Å²) < 4.78 is 10.3. The fraction of sp³-hybridized carbons (Fsp3) is 0.882. The molecule has 0 spiro atoms. The van der Waals surface area contributed by atoms with Crippen molar-refractivity contribution in [2.75, 3.05) is 53.1 Å². The molecule has 2 rings (SSSR count). The van der Waals surface area contributed by atoms with Gasteiger partial charge in [0.1, 0.15) is 6.61 Å². The van der Waals surface area contributed by atoms with Gasteiger partial charge in [0, 0.05) is 65.5 Å². The highest BCUT2D eigenvalue weighted by atomic mass is 16.5. The molecule has 2 fully saturated rings. The minimum atomic E-state index is -0.0733. The smallest absolute Gasteiger partial charge is 0.246 e. The second-order valence-electron chi connectivity index (χ2n) is 6.60. The number of ether oxygens (including phenoxy) is 2. The van der Waals surface area contributed by atoms with Gasteiger partial charge in [0.15, 0.2) is 0 Å². The summed E-state index contributed by atoms with van der Waals surface area (Å²) in [4.78, 5) is 27.6. The quantitative estimate of drug-likeness (QED) is 0.718. The van der Waals surface area contributed by atoms with Crippen molar-refractivity contribution < 1.29 is 19.1 Å². The minimum absolute atomic E-state index is 0.0733. The van der Waals surface area contributed by atoms with Crippen LogP contribution in [0.25, 0.3) is 0 Å². The average Bonchev–Trinajstić information content (AvgIpc) is 2.60. The Kier molecular flexibility index (Phi) is 7.94. The molecular formula is C17H31N3O4. The number of hydrogen-bond acceptors (Lipinski definition) is 5. The van der Waals surface area contributed by atoms with E-state index in [0.29, 0.717) is 18.6 Å². The summed E-state index contributed by atoms with van der Waals surface area (Å²) in [5.41, 5.74) is 0. The van der Waals surface area contributed by atoms with E-state index in [4.69, 9.17) is 9.47 Å². The van der Waals surface area contributed by atoms with Gasteiger partial charge in [0.05, 0.1) is 0 Å². The summed E-state index contributed by atoms with van der Waals surface area (Å²) in [7, 11) is 1.52. The normalized spacial score (nSPS) is 20.4. The number of carbonyl (C=O) groups excluding carboxylic acids is 2. The van der Waals surface area contributed by atoms with Crippen LogP contribution in [0, 0.1) is 0 Å². The lowest BCUT2D eigenvalue weighted by atomic mass is 9.98. The number of likely N-dealkylation sites (tertiary alicyclic amines) is 1. The van der Waals surface area contributed by atoms with Crippen LogP contribution in [0.1, 0.15) is 32.6 Å².